The molecule has 0 radical (unpaired) electrons. The number of rotatable bonds is 23. The number of sulfonamides is 2. The highest BCUT2D eigenvalue weighted by Crippen LogP contribution is 2.21. The first-order chi connectivity index (χ1) is 22.0. The predicted octanol–water partition coefficient (Wildman–Crippen LogP) is 6.11. The lowest BCUT2D eigenvalue weighted by molar-refractivity contribution is -0.117. The molecule has 0 saturated carbocycles. The van der Waals surface area contributed by atoms with Gasteiger partial charge in [-0.05, 0) is 61.4 Å². The highest BCUT2D eigenvalue weighted by Gasteiger charge is 2.23. The zero-order chi connectivity index (χ0) is 34.0. The summed E-state index contributed by atoms with van der Waals surface area (Å²) in [4.78, 5) is 24.9. The summed E-state index contributed by atoms with van der Waals surface area (Å²) in [6, 6.07) is 12.2. The smallest absolute Gasteiger partial charge is 0.243 e. The van der Waals surface area contributed by atoms with Gasteiger partial charge < -0.3 is 10.6 Å². The van der Waals surface area contributed by atoms with Crippen LogP contribution in [0.25, 0.3) is 0 Å². The molecule has 0 atom stereocenters. The minimum Gasteiger partial charge on any atom is -0.326 e. The molecule has 0 unspecified atom stereocenters. The Morgan fingerprint density at radius 2 is 0.804 bits per heavy atom. The second-order valence-corrected chi connectivity index (χ2v) is 14.4. The number of carbonyl (C=O) groups excluding carboxylic acids is 2. The Hall–Kier alpha value is -3.84. The van der Waals surface area contributed by atoms with E-state index in [1.54, 1.807) is 24.3 Å². The van der Waals surface area contributed by atoms with E-state index in [0.717, 1.165) is 38.5 Å². The van der Waals surface area contributed by atoms with Gasteiger partial charge in [0, 0.05) is 50.4 Å². The standard InChI is InChI=1S/C34H46N4O6S2/c1-5-25-37(26-6-2)45(41,42)31-21-17-29(18-22-31)35-33(39)15-13-11-9-10-12-14-16-34(40)36-30-19-23-32(24-20-30)46(43,44)38(27-7-3)28-8-4/h5-8,17-24H,1-4,9-16,25-28H2,(H,35,39)(H,36,40). The molecule has 0 aliphatic rings. The van der Waals surface area contributed by atoms with Crippen LogP contribution in [0.3, 0.4) is 0 Å². The Balaban J connectivity index is 1.65. The number of anilines is 2. The first kappa shape index (κ1) is 38.3. The average molecular weight is 671 g/mol. The third kappa shape index (κ3) is 12.2. The van der Waals surface area contributed by atoms with E-state index in [4.69, 9.17) is 0 Å². The van der Waals surface area contributed by atoms with Crippen LogP contribution in [-0.2, 0) is 29.6 Å². The molecule has 0 heterocycles. The third-order valence-electron chi connectivity index (χ3n) is 6.94. The van der Waals surface area contributed by atoms with Crippen LogP contribution in [0.5, 0.6) is 0 Å². The van der Waals surface area contributed by atoms with Gasteiger partial charge >= 0.3 is 0 Å². The normalized spacial score (nSPS) is 11.6. The number of amides is 2. The molecule has 0 aromatic heterocycles. The number of carbonyl (C=O) groups is 2. The molecule has 2 amide bonds. The number of hydrogen-bond acceptors (Lipinski definition) is 6. The summed E-state index contributed by atoms with van der Waals surface area (Å²) in [5.41, 5.74) is 1.06. The summed E-state index contributed by atoms with van der Waals surface area (Å²) in [6.45, 7) is 15.1. The first-order valence-corrected chi connectivity index (χ1v) is 18.1. The molecular formula is C34H46N4O6S2. The number of nitrogens with one attached hydrogen (secondary N) is 2. The van der Waals surface area contributed by atoms with Crippen molar-refractivity contribution >= 4 is 43.2 Å². The van der Waals surface area contributed by atoms with Crippen molar-refractivity contribution in [1.29, 1.82) is 0 Å². The number of hydrogen-bond donors (Lipinski definition) is 2. The largest absolute Gasteiger partial charge is 0.326 e. The van der Waals surface area contributed by atoms with Crippen molar-refractivity contribution < 1.29 is 26.4 Å². The van der Waals surface area contributed by atoms with Gasteiger partial charge in [0.25, 0.3) is 0 Å². The van der Waals surface area contributed by atoms with Gasteiger partial charge in [-0.3, -0.25) is 9.59 Å². The molecule has 0 aliphatic heterocycles. The van der Waals surface area contributed by atoms with Crippen molar-refractivity contribution in [1.82, 2.24) is 8.61 Å². The van der Waals surface area contributed by atoms with E-state index in [9.17, 15) is 26.4 Å². The molecule has 0 aliphatic carbocycles. The van der Waals surface area contributed by atoms with E-state index in [1.807, 2.05) is 0 Å². The lowest BCUT2D eigenvalue weighted by Gasteiger charge is -2.19. The molecule has 2 aromatic carbocycles. The average Bonchev–Trinajstić information content (AvgIpc) is 3.02. The van der Waals surface area contributed by atoms with Gasteiger partial charge in [-0.2, -0.15) is 8.61 Å². The summed E-state index contributed by atoms with van der Waals surface area (Å²) in [6.07, 6.45) is 11.9. The Kier molecular flexibility index (Phi) is 16.4. The van der Waals surface area contributed by atoms with Crippen molar-refractivity contribution in [3.05, 3.63) is 99.2 Å². The SMILES string of the molecule is C=CCN(CC=C)S(=O)(=O)c1ccc(NC(=O)CCCCCCCCC(=O)Nc2ccc(S(=O)(=O)N(CC=C)CC=C)cc2)cc1. The summed E-state index contributed by atoms with van der Waals surface area (Å²) in [5.74, 6) is -0.271. The molecule has 2 N–H and O–H groups in total. The maximum Gasteiger partial charge on any atom is 0.243 e. The van der Waals surface area contributed by atoms with Gasteiger partial charge in [-0.1, -0.05) is 50.0 Å². The van der Waals surface area contributed by atoms with E-state index in [1.165, 1.54) is 57.2 Å². The first-order valence-electron chi connectivity index (χ1n) is 15.2. The van der Waals surface area contributed by atoms with Crippen molar-refractivity contribution in [2.24, 2.45) is 0 Å². The number of unbranched alkanes of at least 4 members (excludes halogenated alkanes) is 5. The quantitative estimate of drug-likeness (QED) is 0.108. The molecule has 2 rings (SSSR count). The molecule has 46 heavy (non-hydrogen) atoms. The second-order valence-electron chi connectivity index (χ2n) is 10.6. The maximum absolute atomic E-state index is 12.8. The van der Waals surface area contributed by atoms with Gasteiger partial charge in [0.05, 0.1) is 9.79 Å². The number of benzene rings is 2. The second kappa shape index (κ2) is 19.6. The van der Waals surface area contributed by atoms with Crippen LogP contribution in [0, 0.1) is 0 Å². The van der Waals surface area contributed by atoms with Crippen LogP contribution < -0.4 is 10.6 Å². The fraction of sp³-hybridized carbons (Fsp3) is 0.353. The van der Waals surface area contributed by atoms with Gasteiger partial charge in [0.2, 0.25) is 31.9 Å². The topological polar surface area (TPSA) is 133 Å². The van der Waals surface area contributed by atoms with Crippen molar-refractivity contribution in [3.8, 4) is 0 Å². The van der Waals surface area contributed by atoms with Crippen LogP contribution >= 0.6 is 0 Å². The molecule has 0 spiro atoms. The Morgan fingerprint density at radius 3 is 1.09 bits per heavy atom. The highest BCUT2D eigenvalue weighted by atomic mass is 32.2. The fourth-order valence-corrected chi connectivity index (χ4v) is 7.32. The lowest BCUT2D eigenvalue weighted by atomic mass is 10.1. The minimum atomic E-state index is -3.70. The van der Waals surface area contributed by atoms with Crippen molar-refractivity contribution in [2.45, 2.75) is 61.2 Å². The molecule has 0 saturated heterocycles. The van der Waals surface area contributed by atoms with E-state index >= 15 is 0 Å². The Labute approximate surface area is 274 Å². The Bertz CT molecular complexity index is 1400. The lowest BCUT2D eigenvalue weighted by Crippen LogP contribution is -2.31. The summed E-state index contributed by atoms with van der Waals surface area (Å²) < 4.78 is 53.8. The van der Waals surface area contributed by atoms with E-state index in [-0.39, 0.29) is 47.8 Å². The van der Waals surface area contributed by atoms with Crippen LogP contribution in [0.1, 0.15) is 51.4 Å². The number of nitrogens with zero attached hydrogens (tertiary/aromatic N) is 2. The van der Waals surface area contributed by atoms with Crippen LogP contribution in [0.2, 0.25) is 0 Å². The zero-order valence-corrected chi connectivity index (χ0v) is 28.0. The molecular weight excluding hydrogens is 625 g/mol. The van der Waals surface area contributed by atoms with Crippen LogP contribution in [-0.4, -0.2) is 63.4 Å². The van der Waals surface area contributed by atoms with Gasteiger partial charge in [0.15, 0.2) is 0 Å². The van der Waals surface area contributed by atoms with Gasteiger partial charge in [0.1, 0.15) is 0 Å². The van der Waals surface area contributed by atoms with Gasteiger partial charge in [-0.15, -0.1) is 26.3 Å². The predicted molar refractivity (Wildman–Crippen MR) is 185 cm³/mol. The minimum absolute atomic E-state index is 0.129. The monoisotopic (exact) mass is 670 g/mol. The molecule has 2 aromatic rings. The highest BCUT2D eigenvalue weighted by molar-refractivity contribution is 7.89. The molecule has 0 bridgehead atoms. The summed E-state index contributed by atoms with van der Waals surface area (Å²) in [5, 5.41) is 5.61. The van der Waals surface area contributed by atoms with E-state index in [0.29, 0.717) is 24.2 Å². The fourth-order valence-electron chi connectivity index (χ4n) is 4.56. The summed E-state index contributed by atoms with van der Waals surface area (Å²) in [7, 11) is -7.39. The maximum atomic E-state index is 12.8. The molecule has 250 valence electrons. The molecule has 12 heteroatoms. The molecule has 10 nitrogen and oxygen atoms in total. The zero-order valence-electron chi connectivity index (χ0n) is 26.4. The Morgan fingerprint density at radius 1 is 0.522 bits per heavy atom. The van der Waals surface area contributed by atoms with E-state index in [2.05, 4.69) is 36.9 Å². The molecule has 0 fully saturated rings. The van der Waals surface area contributed by atoms with Crippen LogP contribution in [0.4, 0.5) is 11.4 Å². The van der Waals surface area contributed by atoms with E-state index < -0.39 is 20.0 Å². The van der Waals surface area contributed by atoms with Gasteiger partial charge in [-0.25, -0.2) is 16.8 Å². The van der Waals surface area contributed by atoms with Crippen molar-refractivity contribution in [2.75, 3.05) is 36.8 Å². The summed E-state index contributed by atoms with van der Waals surface area (Å²) >= 11 is 0. The third-order valence-corrected chi connectivity index (χ3v) is 10.6. The van der Waals surface area contributed by atoms with Crippen molar-refractivity contribution in [3.63, 3.8) is 0 Å². The van der Waals surface area contributed by atoms with Crippen LogP contribution in [0.15, 0.2) is 109 Å².